The molecule has 0 saturated carbocycles. The molecule has 1 aliphatic heterocycles. The summed E-state index contributed by atoms with van der Waals surface area (Å²) < 4.78 is 25.5. The van der Waals surface area contributed by atoms with Gasteiger partial charge in [0.2, 0.25) is 5.95 Å². The Hall–Kier alpha value is -2.93. The number of rotatable bonds is 5. The van der Waals surface area contributed by atoms with Crippen LogP contribution in [-0.4, -0.2) is 43.4 Å². The first-order valence-corrected chi connectivity index (χ1v) is 9.79. The highest BCUT2D eigenvalue weighted by molar-refractivity contribution is 5.85. The summed E-state index contributed by atoms with van der Waals surface area (Å²) in [6.45, 7) is 6.82. The van der Waals surface area contributed by atoms with E-state index in [1.807, 2.05) is 23.1 Å². The molecule has 1 aromatic heterocycles. The van der Waals surface area contributed by atoms with Gasteiger partial charge in [-0.05, 0) is 36.2 Å². The third-order valence-corrected chi connectivity index (χ3v) is 5.10. The summed E-state index contributed by atoms with van der Waals surface area (Å²) in [5.74, 6) is 1.19. The van der Waals surface area contributed by atoms with Crippen molar-refractivity contribution in [3.63, 3.8) is 0 Å². The fraction of sp³-hybridized carbons (Fsp3) is 0.364. The number of hydrogen-bond donors (Lipinski definition) is 1. The lowest BCUT2D eigenvalue weighted by Gasteiger charge is -2.29. The van der Waals surface area contributed by atoms with Crippen molar-refractivity contribution < 1.29 is 13.9 Å². The monoisotopic (exact) mass is 396 g/mol. The van der Waals surface area contributed by atoms with Gasteiger partial charge in [-0.2, -0.15) is 0 Å². The topological polar surface area (TPSA) is 59.5 Å². The second kappa shape index (κ2) is 8.21. The van der Waals surface area contributed by atoms with E-state index in [9.17, 15) is 4.39 Å². The van der Waals surface area contributed by atoms with E-state index in [0.717, 1.165) is 22.2 Å². The lowest BCUT2D eigenvalue weighted by Crippen LogP contribution is -2.36. The van der Waals surface area contributed by atoms with Gasteiger partial charge < -0.3 is 19.7 Å². The number of ether oxygens (including phenoxy) is 2. The number of benzene rings is 2. The summed E-state index contributed by atoms with van der Waals surface area (Å²) in [5.41, 5.74) is 3.06. The molecule has 2 heterocycles. The maximum Gasteiger partial charge on any atom is 0.227 e. The molecule has 1 aliphatic rings. The van der Waals surface area contributed by atoms with Gasteiger partial charge >= 0.3 is 0 Å². The largest absolute Gasteiger partial charge is 0.496 e. The summed E-state index contributed by atoms with van der Waals surface area (Å²) in [6, 6.07) is 8.99. The van der Waals surface area contributed by atoms with Crippen LogP contribution in [0.2, 0.25) is 0 Å². The molecule has 0 unspecified atom stereocenters. The Morgan fingerprint density at radius 3 is 2.66 bits per heavy atom. The van der Waals surface area contributed by atoms with Crippen molar-refractivity contribution in [3.8, 4) is 5.75 Å². The minimum atomic E-state index is -0.276. The number of hydrogen-bond acceptors (Lipinski definition) is 6. The first-order valence-electron chi connectivity index (χ1n) is 9.79. The van der Waals surface area contributed by atoms with Gasteiger partial charge in [-0.1, -0.05) is 13.8 Å². The third-order valence-electron chi connectivity index (χ3n) is 5.10. The zero-order valence-electron chi connectivity index (χ0n) is 16.9. The SMILES string of the molecule is COc1ccc2cnc(Nc3ccc(N4CCOCC4)c(F)c3)nc2c1C(C)C. The second-order valence-corrected chi connectivity index (χ2v) is 7.36. The zero-order valence-corrected chi connectivity index (χ0v) is 16.9. The summed E-state index contributed by atoms with van der Waals surface area (Å²) in [7, 11) is 1.66. The molecule has 152 valence electrons. The highest BCUT2D eigenvalue weighted by Crippen LogP contribution is 2.33. The van der Waals surface area contributed by atoms with Crippen molar-refractivity contribution in [2.45, 2.75) is 19.8 Å². The third kappa shape index (κ3) is 3.96. The lowest BCUT2D eigenvalue weighted by atomic mass is 9.99. The van der Waals surface area contributed by atoms with Crippen molar-refractivity contribution in [1.82, 2.24) is 9.97 Å². The van der Waals surface area contributed by atoms with Crippen LogP contribution in [0.25, 0.3) is 10.9 Å². The van der Waals surface area contributed by atoms with E-state index in [0.29, 0.717) is 43.6 Å². The normalized spacial score (nSPS) is 14.4. The summed E-state index contributed by atoms with van der Waals surface area (Å²) in [4.78, 5) is 11.1. The predicted molar refractivity (Wildman–Crippen MR) is 113 cm³/mol. The number of nitrogens with zero attached hydrogens (tertiary/aromatic N) is 3. The van der Waals surface area contributed by atoms with Crippen molar-refractivity contribution in [3.05, 3.63) is 47.9 Å². The Kier molecular flexibility index (Phi) is 5.49. The molecule has 0 spiro atoms. The van der Waals surface area contributed by atoms with E-state index in [-0.39, 0.29) is 11.7 Å². The highest BCUT2D eigenvalue weighted by atomic mass is 19.1. The number of morpholine rings is 1. The van der Waals surface area contributed by atoms with Gasteiger partial charge in [0.15, 0.2) is 0 Å². The van der Waals surface area contributed by atoms with Crippen LogP contribution in [0.1, 0.15) is 25.3 Å². The number of aromatic nitrogens is 2. The Balaban J connectivity index is 1.64. The fourth-order valence-corrected chi connectivity index (χ4v) is 3.67. The molecule has 0 aliphatic carbocycles. The smallest absolute Gasteiger partial charge is 0.227 e. The zero-order chi connectivity index (χ0) is 20.4. The molecule has 29 heavy (non-hydrogen) atoms. The van der Waals surface area contributed by atoms with Crippen LogP contribution in [0, 0.1) is 5.82 Å². The number of nitrogens with one attached hydrogen (secondary N) is 1. The number of methoxy groups -OCH3 is 1. The van der Waals surface area contributed by atoms with Crippen molar-refractivity contribution in [2.24, 2.45) is 0 Å². The van der Waals surface area contributed by atoms with E-state index < -0.39 is 0 Å². The van der Waals surface area contributed by atoms with E-state index in [4.69, 9.17) is 14.5 Å². The Labute approximate surface area is 169 Å². The molecule has 7 heteroatoms. The second-order valence-electron chi connectivity index (χ2n) is 7.36. The molecule has 1 N–H and O–H groups in total. The summed E-state index contributed by atoms with van der Waals surface area (Å²) in [5, 5.41) is 4.06. The average molecular weight is 396 g/mol. The van der Waals surface area contributed by atoms with Gasteiger partial charge in [-0.15, -0.1) is 0 Å². The molecule has 0 atom stereocenters. The van der Waals surface area contributed by atoms with Gasteiger partial charge in [-0.25, -0.2) is 14.4 Å². The molecule has 2 aromatic carbocycles. The van der Waals surface area contributed by atoms with Crippen molar-refractivity contribution >= 4 is 28.2 Å². The average Bonchev–Trinajstić information content (AvgIpc) is 2.73. The molecule has 4 rings (SSSR count). The number of anilines is 3. The minimum Gasteiger partial charge on any atom is -0.496 e. The number of fused-ring (bicyclic) bond motifs is 1. The Morgan fingerprint density at radius 2 is 1.97 bits per heavy atom. The van der Waals surface area contributed by atoms with Crippen LogP contribution < -0.4 is 15.0 Å². The first-order chi connectivity index (χ1) is 14.1. The van der Waals surface area contributed by atoms with Gasteiger partial charge in [0, 0.05) is 35.9 Å². The molecule has 0 radical (unpaired) electrons. The molecule has 6 nitrogen and oxygen atoms in total. The van der Waals surface area contributed by atoms with E-state index in [2.05, 4.69) is 24.1 Å². The quantitative estimate of drug-likeness (QED) is 0.686. The van der Waals surface area contributed by atoms with Crippen LogP contribution in [-0.2, 0) is 4.74 Å². The van der Waals surface area contributed by atoms with E-state index >= 15 is 0 Å². The lowest BCUT2D eigenvalue weighted by molar-refractivity contribution is 0.122. The standard InChI is InChI=1S/C22H25FN4O2/c1-14(2)20-19(28-3)7-4-15-13-24-22(26-21(15)20)25-16-5-6-18(17(23)12-16)27-8-10-29-11-9-27/h4-7,12-14H,8-11H2,1-3H3,(H,24,25,26). The van der Waals surface area contributed by atoms with Gasteiger partial charge in [0.1, 0.15) is 11.6 Å². The molecule has 0 amide bonds. The van der Waals surface area contributed by atoms with Crippen LogP contribution >= 0.6 is 0 Å². The first kappa shape index (κ1) is 19.4. The maximum atomic E-state index is 14.7. The molecule has 0 bridgehead atoms. The Bertz CT molecular complexity index is 1020. The van der Waals surface area contributed by atoms with Gasteiger partial charge in [0.05, 0.1) is 31.5 Å². The summed E-state index contributed by atoms with van der Waals surface area (Å²) >= 11 is 0. The molecule has 1 saturated heterocycles. The summed E-state index contributed by atoms with van der Waals surface area (Å²) in [6.07, 6.45) is 1.77. The predicted octanol–water partition coefficient (Wildman–Crippen LogP) is 4.48. The maximum absolute atomic E-state index is 14.7. The van der Waals surface area contributed by atoms with Crippen molar-refractivity contribution in [2.75, 3.05) is 43.6 Å². The van der Waals surface area contributed by atoms with Gasteiger partial charge in [-0.3, -0.25) is 0 Å². The van der Waals surface area contributed by atoms with E-state index in [1.165, 1.54) is 6.07 Å². The minimum absolute atomic E-state index is 0.238. The fourth-order valence-electron chi connectivity index (χ4n) is 3.67. The number of halogens is 1. The van der Waals surface area contributed by atoms with E-state index in [1.54, 1.807) is 19.4 Å². The van der Waals surface area contributed by atoms with Crippen LogP contribution in [0.3, 0.4) is 0 Å². The molecular weight excluding hydrogens is 371 g/mol. The van der Waals surface area contributed by atoms with Crippen LogP contribution in [0.5, 0.6) is 5.75 Å². The van der Waals surface area contributed by atoms with Crippen LogP contribution in [0.15, 0.2) is 36.5 Å². The van der Waals surface area contributed by atoms with Gasteiger partial charge in [0.25, 0.3) is 0 Å². The molecular formula is C22H25FN4O2. The Morgan fingerprint density at radius 1 is 1.17 bits per heavy atom. The highest BCUT2D eigenvalue weighted by Gasteiger charge is 2.17. The van der Waals surface area contributed by atoms with Crippen LogP contribution in [0.4, 0.5) is 21.7 Å². The molecule has 3 aromatic rings. The molecule has 1 fully saturated rings. The van der Waals surface area contributed by atoms with Crippen molar-refractivity contribution in [1.29, 1.82) is 0 Å².